The lowest BCUT2D eigenvalue weighted by atomic mass is 9.96. The summed E-state index contributed by atoms with van der Waals surface area (Å²) >= 11 is 5.92. The van der Waals surface area contributed by atoms with Crippen molar-refractivity contribution < 1.29 is 13.2 Å². The summed E-state index contributed by atoms with van der Waals surface area (Å²) in [4.78, 5) is 14.5. The van der Waals surface area contributed by atoms with Gasteiger partial charge in [0.15, 0.2) is 9.84 Å². The molecule has 1 aromatic rings. The topological polar surface area (TPSA) is 66.5 Å². The van der Waals surface area contributed by atoms with E-state index in [0.717, 1.165) is 32.5 Å². The molecule has 0 atom stereocenters. The maximum absolute atomic E-state index is 12.2. The number of amides is 1. The van der Waals surface area contributed by atoms with Crippen molar-refractivity contribution in [2.75, 3.05) is 31.9 Å². The van der Waals surface area contributed by atoms with Gasteiger partial charge in [0.1, 0.15) is 0 Å². The highest BCUT2D eigenvalue weighted by atomic mass is 35.5. The average Bonchev–Trinajstić information content (AvgIpc) is 2.60. The van der Waals surface area contributed by atoms with Gasteiger partial charge in [-0.05, 0) is 76.9 Å². The third-order valence-corrected chi connectivity index (χ3v) is 7.50. The molecule has 1 aliphatic heterocycles. The van der Waals surface area contributed by atoms with E-state index in [0.29, 0.717) is 29.5 Å². The van der Waals surface area contributed by atoms with Gasteiger partial charge >= 0.3 is 0 Å². The molecule has 2 rings (SSSR count). The van der Waals surface area contributed by atoms with E-state index in [1.54, 1.807) is 38.1 Å². The van der Waals surface area contributed by atoms with E-state index in [2.05, 4.69) is 10.2 Å². The Morgan fingerprint density at radius 2 is 2.00 bits per heavy atom. The standard InChI is InChI=1S/C19H29ClN2O3S/c1-15(2)26(24,25)12-4-9-22-10-7-16(8-11-22)14-21-19(23)17-5-3-6-18(20)13-17/h3,5-6,13,15-16H,4,7-12,14H2,1-2H3,(H,21,23). The van der Waals surface area contributed by atoms with Gasteiger partial charge in [-0.1, -0.05) is 17.7 Å². The number of nitrogens with one attached hydrogen (secondary N) is 1. The van der Waals surface area contributed by atoms with Gasteiger partial charge in [0.25, 0.3) is 5.91 Å². The minimum absolute atomic E-state index is 0.0891. The Kier molecular flexibility index (Phi) is 7.92. The van der Waals surface area contributed by atoms with Crippen LogP contribution in [0.1, 0.15) is 43.5 Å². The molecular formula is C19H29ClN2O3S. The second-order valence-corrected chi connectivity index (χ2v) is 10.4. The number of piperidine rings is 1. The van der Waals surface area contributed by atoms with E-state index in [1.807, 2.05) is 0 Å². The zero-order chi connectivity index (χ0) is 19.2. The van der Waals surface area contributed by atoms with E-state index in [1.165, 1.54) is 0 Å². The van der Waals surface area contributed by atoms with E-state index >= 15 is 0 Å². The van der Waals surface area contributed by atoms with Gasteiger partial charge in [0.05, 0.1) is 11.0 Å². The van der Waals surface area contributed by atoms with Gasteiger partial charge in [0, 0.05) is 17.1 Å². The predicted octanol–water partition coefficient (Wildman–Crippen LogP) is 3.00. The molecule has 1 heterocycles. The second kappa shape index (κ2) is 9.72. The Hall–Kier alpha value is -1.11. The summed E-state index contributed by atoms with van der Waals surface area (Å²) in [6, 6.07) is 6.95. The number of carbonyl (C=O) groups excluding carboxylic acids is 1. The molecule has 5 nitrogen and oxygen atoms in total. The van der Waals surface area contributed by atoms with Crippen molar-refractivity contribution in [3.8, 4) is 0 Å². The molecule has 1 saturated heterocycles. The van der Waals surface area contributed by atoms with Gasteiger partial charge in [-0.15, -0.1) is 0 Å². The van der Waals surface area contributed by atoms with Crippen molar-refractivity contribution in [2.45, 2.75) is 38.4 Å². The zero-order valence-electron chi connectivity index (χ0n) is 15.6. The number of halogens is 1. The summed E-state index contributed by atoms with van der Waals surface area (Å²) in [5, 5.41) is 3.26. The number of likely N-dealkylation sites (tertiary alicyclic amines) is 1. The molecular weight excluding hydrogens is 372 g/mol. The Labute approximate surface area is 162 Å². The predicted molar refractivity (Wildman–Crippen MR) is 106 cm³/mol. The number of benzene rings is 1. The Morgan fingerprint density at radius 3 is 2.62 bits per heavy atom. The molecule has 0 bridgehead atoms. The Bertz CT molecular complexity index is 698. The van der Waals surface area contributed by atoms with Crippen molar-refractivity contribution in [2.24, 2.45) is 5.92 Å². The molecule has 146 valence electrons. The monoisotopic (exact) mass is 400 g/mol. The second-order valence-electron chi connectivity index (χ2n) is 7.27. The molecule has 1 amide bonds. The van der Waals surface area contributed by atoms with E-state index in [9.17, 15) is 13.2 Å². The average molecular weight is 401 g/mol. The molecule has 0 aliphatic carbocycles. The normalized spacial score (nSPS) is 16.8. The molecule has 0 unspecified atom stereocenters. The fourth-order valence-corrected chi connectivity index (χ4v) is 4.30. The lowest BCUT2D eigenvalue weighted by Crippen LogP contribution is -2.39. The number of hydrogen-bond donors (Lipinski definition) is 1. The highest BCUT2D eigenvalue weighted by Crippen LogP contribution is 2.17. The Morgan fingerprint density at radius 1 is 1.31 bits per heavy atom. The first kappa shape index (κ1) is 21.2. The van der Waals surface area contributed by atoms with Crippen molar-refractivity contribution in [1.82, 2.24) is 10.2 Å². The van der Waals surface area contributed by atoms with Crippen LogP contribution in [-0.2, 0) is 9.84 Å². The van der Waals surface area contributed by atoms with Crippen LogP contribution in [0.25, 0.3) is 0 Å². The molecule has 0 saturated carbocycles. The molecule has 1 N–H and O–H groups in total. The summed E-state index contributed by atoms with van der Waals surface area (Å²) in [6.45, 7) is 6.88. The van der Waals surface area contributed by atoms with Crippen LogP contribution >= 0.6 is 11.6 Å². The van der Waals surface area contributed by atoms with E-state index in [4.69, 9.17) is 11.6 Å². The van der Waals surface area contributed by atoms with E-state index in [-0.39, 0.29) is 16.9 Å². The molecule has 0 radical (unpaired) electrons. The lowest BCUT2D eigenvalue weighted by Gasteiger charge is -2.32. The molecule has 7 heteroatoms. The van der Waals surface area contributed by atoms with Crippen LogP contribution in [0.15, 0.2) is 24.3 Å². The van der Waals surface area contributed by atoms with E-state index < -0.39 is 9.84 Å². The SMILES string of the molecule is CC(C)S(=O)(=O)CCCN1CCC(CNC(=O)c2cccc(Cl)c2)CC1. The summed E-state index contributed by atoms with van der Waals surface area (Å²) in [7, 11) is -2.94. The van der Waals surface area contributed by atoms with Crippen molar-refractivity contribution in [1.29, 1.82) is 0 Å². The van der Waals surface area contributed by atoms with Gasteiger partial charge < -0.3 is 10.2 Å². The fraction of sp³-hybridized carbons (Fsp3) is 0.632. The minimum Gasteiger partial charge on any atom is -0.352 e. The number of hydrogen-bond acceptors (Lipinski definition) is 4. The maximum atomic E-state index is 12.2. The zero-order valence-corrected chi connectivity index (χ0v) is 17.2. The number of sulfone groups is 1. The first-order chi connectivity index (χ1) is 12.3. The van der Waals surface area contributed by atoms with Crippen LogP contribution in [0.4, 0.5) is 0 Å². The highest BCUT2D eigenvalue weighted by molar-refractivity contribution is 7.91. The van der Waals surface area contributed by atoms with Crippen molar-refractivity contribution in [3.63, 3.8) is 0 Å². The largest absolute Gasteiger partial charge is 0.352 e. The molecule has 1 aliphatic rings. The molecule has 26 heavy (non-hydrogen) atoms. The van der Waals surface area contributed by atoms with Crippen LogP contribution in [0.5, 0.6) is 0 Å². The molecule has 0 spiro atoms. The minimum atomic E-state index is -2.94. The van der Waals surface area contributed by atoms with Crippen LogP contribution in [0.3, 0.4) is 0 Å². The molecule has 1 aromatic carbocycles. The van der Waals surface area contributed by atoms with Gasteiger partial charge in [0.2, 0.25) is 0 Å². The van der Waals surface area contributed by atoms with Crippen LogP contribution in [0, 0.1) is 5.92 Å². The summed E-state index contributed by atoms with van der Waals surface area (Å²) < 4.78 is 23.7. The third-order valence-electron chi connectivity index (χ3n) is 4.97. The quantitative estimate of drug-likeness (QED) is 0.728. The lowest BCUT2D eigenvalue weighted by molar-refractivity contribution is 0.0936. The fourth-order valence-electron chi connectivity index (χ4n) is 3.11. The maximum Gasteiger partial charge on any atom is 0.251 e. The first-order valence-corrected chi connectivity index (χ1v) is 11.3. The number of carbonyl (C=O) groups is 1. The summed E-state index contributed by atoms with van der Waals surface area (Å²) in [5.74, 6) is 0.642. The number of nitrogens with zero attached hydrogens (tertiary/aromatic N) is 1. The smallest absolute Gasteiger partial charge is 0.251 e. The molecule has 1 fully saturated rings. The van der Waals surface area contributed by atoms with Crippen molar-refractivity contribution in [3.05, 3.63) is 34.9 Å². The van der Waals surface area contributed by atoms with Crippen LogP contribution in [-0.4, -0.2) is 56.4 Å². The van der Waals surface area contributed by atoms with Crippen LogP contribution in [0.2, 0.25) is 5.02 Å². The summed E-state index contributed by atoms with van der Waals surface area (Å²) in [5.41, 5.74) is 0.585. The van der Waals surface area contributed by atoms with Gasteiger partial charge in [-0.2, -0.15) is 0 Å². The van der Waals surface area contributed by atoms with Crippen molar-refractivity contribution >= 4 is 27.3 Å². The molecule has 0 aromatic heterocycles. The first-order valence-electron chi connectivity index (χ1n) is 9.25. The van der Waals surface area contributed by atoms with Crippen LogP contribution < -0.4 is 5.32 Å². The van der Waals surface area contributed by atoms with Gasteiger partial charge in [-0.25, -0.2) is 8.42 Å². The Balaban J connectivity index is 1.66. The third kappa shape index (κ3) is 6.56. The van der Waals surface area contributed by atoms with Gasteiger partial charge in [-0.3, -0.25) is 4.79 Å². The number of rotatable bonds is 8. The summed E-state index contributed by atoms with van der Waals surface area (Å²) in [6.07, 6.45) is 2.73. The highest BCUT2D eigenvalue weighted by Gasteiger charge is 2.21.